The van der Waals surface area contributed by atoms with E-state index in [4.69, 9.17) is 16.3 Å². The molecule has 2 aromatic rings. The number of hydrogen-bond acceptors (Lipinski definition) is 3. The topological polar surface area (TPSA) is 51.2 Å². The Morgan fingerprint density at radius 1 is 1.24 bits per heavy atom. The van der Waals surface area contributed by atoms with Crippen LogP contribution in [-0.4, -0.2) is 17.5 Å². The van der Waals surface area contributed by atoms with Gasteiger partial charge in [0.15, 0.2) is 5.15 Å². The van der Waals surface area contributed by atoms with Gasteiger partial charge in [-0.25, -0.2) is 4.98 Å². The molecule has 0 aliphatic carbocycles. The molecule has 0 aliphatic heterocycles. The van der Waals surface area contributed by atoms with Crippen LogP contribution in [0, 0.1) is 0 Å². The fourth-order valence-corrected chi connectivity index (χ4v) is 2.18. The van der Waals surface area contributed by atoms with Crippen molar-refractivity contribution in [2.75, 3.05) is 11.9 Å². The Morgan fingerprint density at radius 2 is 1.96 bits per heavy atom. The van der Waals surface area contributed by atoms with E-state index in [1.54, 1.807) is 24.3 Å². The van der Waals surface area contributed by atoms with Crippen LogP contribution in [0.15, 0.2) is 36.4 Å². The summed E-state index contributed by atoms with van der Waals surface area (Å²) in [6.45, 7) is 2.48. The molecule has 0 fully saturated rings. The quantitative estimate of drug-likeness (QED) is 0.561. The lowest BCUT2D eigenvalue weighted by atomic mass is 10.2. The molecule has 134 valence electrons. The van der Waals surface area contributed by atoms with Gasteiger partial charge in [0.1, 0.15) is 11.4 Å². The molecule has 8 heteroatoms. The number of nitrogens with one attached hydrogen (secondary N) is 1. The highest BCUT2D eigenvalue weighted by atomic mass is 35.5. The van der Waals surface area contributed by atoms with Crippen molar-refractivity contribution in [1.29, 1.82) is 0 Å². The van der Waals surface area contributed by atoms with E-state index in [0.29, 0.717) is 12.4 Å². The zero-order valence-corrected chi connectivity index (χ0v) is 14.1. The number of pyridine rings is 1. The van der Waals surface area contributed by atoms with Crippen molar-refractivity contribution in [3.63, 3.8) is 0 Å². The van der Waals surface area contributed by atoms with Crippen molar-refractivity contribution < 1.29 is 22.7 Å². The van der Waals surface area contributed by atoms with E-state index in [-0.39, 0.29) is 11.3 Å². The highest BCUT2D eigenvalue weighted by Gasteiger charge is 2.33. The van der Waals surface area contributed by atoms with Crippen molar-refractivity contribution in [1.82, 2.24) is 4.98 Å². The summed E-state index contributed by atoms with van der Waals surface area (Å²) in [5.41, 5.74) is -0.878. The molecule has 0 radical (unpaired) electrons. The first-order chi connectivity index (χ1) is 11.8. The number of benzene rings is 1. The van der Waals surface area contributed by atoms with Crippen LogP contribution >= 0.6 is 11.6 Å². The molecule has 0 unspecified atom stereocenters. The van der Waals surface area contributed by atoms with Crippen molar-refractivity contribution in [3.05, 3.63) is 52.8 Å². The van der Waals surface area contributed by atoms with Gasteiger partial charge in [0.05, 0.1) is 17.9 Å². The zero-order valence-electron chi connectivity index (χ0n) is 13.4. The molecule has 1 heterocycles. The molecule has 1 aromatic carbocycles. The summed E-state index contributed by atoms with van der Waals surface area (Å²) < 4.78 is 43.4. The van der Waals surface area contributed by atoms with Gasteiger partial charge in [-0.2, -0.15) is 13.2 Å². The predicted octanol–water partition coefficient (Wildman–Crippen LogP) is 5.19. The molecule has 25 heavy (non-hydrogen) atoms. The largest absolute Gasteiger partial charge is 0.493 e. The van der Waals surface area contributed by atoms with Gasteiger partial charge in [-0.15, -0.1) is 0 Å². The fourth-order valence-electron chi connectivity index (χ4n) is 1.98. The molecule has 0 spiro atoms. The monoisotopic (exact) mass is 372 g/mol. The zero-order chi connectivity index (χ0) is 18.4. The molecular weight excluding hydrogens is 357 g/mol. The lowest BCUT2D eigenvalue weighted by Gasteiger charge is -2.13. The number of amides is 1. The number of hydrogen-bond donors (Lipinski definition) is 1. The number of halogens is 4. The standard InChI is InChI=1S/C17H16ClF3N2O2/c1-2-3-10-25-13-7-5-4-6-11(13)16(24)22-12-8-9-14(17(19,20)21)23-15(12)18/h4-9H,2-3,10H2,1H3,(H,22,24). The maximum absolute atomic E-state index is 12.6. The normalized spacial score (nSPS) is 11.2. The van der Waals surface area contributed by atoms with E-state index in [1.807, 2.05) is 6.92 Å². The van der Waals surface area contributed by atoms with Crippen LogP contribution in [0.5, 0.6) is 5.75 Å². The minimum absolute atomic E-state index is 0.0111. The van der Waals surface area contributed by atoms with Crippen molar-refractivity contribution in [2.24, 2.45) is 0 Å². The summed E-state index contributed by atoms with van der Waals surface area (Å²) in [6.07, 6.45) is -2.82. The van der Waals surface area contributed by atoms with E-state index >= 15 is 0 Å². The summed E-state index contributed by atoms with van der Waals surface area (Å²) in [6, 6.07) is 8.42. The Bertz CT molecular complexity index is 751. The second-order valence-electron chi connectivity index (χ2n) is 5.18. The second-order valence-corrected chi connectivity index (χ2v) is 5.54. The van der Waals surface area contributed by atoms with E-state index in [2.05, 4.69) is 10.3 Å². The van der Waals surface area contributed by atoms with Crippen LogP contribution in [0.1, 0.15) is 35.8 Å². The summed E-state index contributed by atoms with van der Waals surface area (Å²) in [4.78, 5) is 15.7. The molecule has 0 bridgehead atoms. The molecule has 1 N–H and O–H groups in total. The summed E-state index contributed by atoms with van der Waals surface area (Å²) in [5, 5.41) is 2.02. The van der Waals surface area contributed by atoms with Crippen LogP contribution in [0.25, 0.3) is 0 Å². The lowest BCUT2D eigenvalue weighted by molar-refractivity contribution is -0.141. The molecular formula is C17H16ClF3N2O2. The summed E-state index contributed by atoms with van der Waals surface area (Å²) >= 11 is 5.75. The smallest absolute Gasteiger partial charge is 0.433 e. The number of anilines is 1. The molecule has 0 saturated heterocycles. The molecule has 0 aliphatic rings. The Labute approximate surface area is 148 Å². The number of para-hydroxylation sites is 1. The summed E-state index contributed by atoms with van der Waals surface area (Å²) in [5.74, 6) is -0.153. The van der Waals surface area contributed by atoms with Gasteiger partial charge >= 0.3 is 6.18 Å². The third kappa shape index (κ3) is 5.09. The van der Waals surface area contributed by atoms with E-state index in [9.17, 15) is 18.0 Å². The van der Waals surface area contributed by atoms with Crippen LogP contribution in [-0.2, 0) is 6.18 Å². The van der Waals surface area contributed by atoms with Crippen molar-refractivity contribution in [3.8, 4) is 5.75 Å². The number of nitrogens with zero attached hydrogens (tertiary/aromatic N) is 1. The van der Waals surface area contributed by atoms with Gasteiger partial charge in [0.25, 0.3) is 5.91 Å². The Balaban J connectivity index is 2.17. The average molecular weight is 373 g/mol. The van der Waals surface area contributed by atoms with Gasteiger partial charge in [0.2, 0.25) is 0 Å². The van der Waals surface area contributed by atoms with Crippen LogP contribution in [0.2, 0.25) is 5.15 Å². The first-order valence-corrected chi connectivity index (χ1v) is 7.97. The molecule has 0 saturated carbocycles. The van der Waals surface area contributed by atoms with Gasteiger partial charge in [-0.3, -0.25) is 4.79 Å². The van der Waals surface area contributed by atoms with Crippen molar-refractivity contribution in [2.45, 2.75) is 25.9 Å². The van der Waals surface area contributed by atoms with E-state index < -0.39 is 22.9 Å². The number of aromatic nitrogens is 1. The first kappa shape index (κ1) is 19.1. The summed E-state index contributed by atoms with van der Waals surface area (Å²) in [7, 11) is 0. The van der Waals surface area contributed by atoms with Crippen LogP contribution < -0.4 is 10.1 Å². The second kappa shape index (κ2) is 8.20. The van der Waals surface area contributed by atoms with E-state index in [0.717, 1.165) is 25.0 Å². The lowest BCUT2D eigenvalue weighted by Crippen LogP contribution is -2.15. The average Bonchev–Trinajstić information content (AvgIpc) is 2.56. The van der Waals surface area contributed by atoms with Crippen LogP contribution in [0.3, 0.4) is 0 Å². The maximum atomic E-state index is 12.6. The third-order valence-electron chi connectivity index (χ3n) is 3.27. The van der Waals surface area contributed by atoms with Gasteiger partial charge < -0.3 is 10.1 Å². The van der Waals surface area contributed by atoms with E-state index in [1.165, 1.54) is 0 Å². The van der Waals surface area contributed by atoms with Gasteiger partial charge in [-0.1, -0.05) is 37.1 Å². The Kier molecular flexibility index (Phi) is 6.25. The minimum atomic E-state index is -4.61. The van der Waals surface area contributed by atoms with Gasteiger partial charge in [-0.05, 0) is 30.7 Å². The number of carbonyl (C=O) groups excluding carboxylic acids is 1. The number of unbranched alkanes of at least 4 members (excludes halogenated alkanes) is 1. The first-order valence-electron chi connectivity index (χ1n) is 7.60. The highest BCUT2D eigenvalue weighted by molar-refractivity contribution is 6.32. The predicted molar refractivity (Wildman–Crippen MR) is 89.0 cm³/mol. The fraction of sp³-hybridized carbons (Fsp3) is 0.294. The number of ether oxygens (including phenoxy) is 1. The number of rotatable bonds is 6. The third-order valence-corrected chi connectivity index (χ3v) is 3.56. The molecule has 0 atom stereocenters. The maximum Gasteiger partial charge on any atom is 0.433 e. The van der Waals surface area contributed by atoms with Gasteiger partial charge in [0, 0.05) is 0 Å². The number of carbonyl (C=O) groups is 1. The highest BCUT2D eigenvalue weighted by Crippen LogP contribution is 2.31. The minimum Gasteiger partial charge on any atom is -0.493 e. The SMILES string of the molecule is CCCCOc1ccccc1C(=O)Nc1ccc(C(F)(F)F)nc1Cl. The van der Waals surface area contributed by atoms with Crippen molar-refractivity contribution >= 4 is 23.2 Å². The molecule has 1 amide bonds. The number of alkyl halides is 3. The Hall–Kier alpha value is -2.28. The van der Waals surface area contributed by atoms with Crippen LogP contribution in [0.4, 0.5) is 18.9 Å². The molecule has 2 rings (SSSR count). The molecule has 1 aromatic heterocycles. The molecule has 4 nitrogen and oxygen atoms in total. The Morgan fingerprint density at radius 3 is 2.60 bits per heavy atom.